The van der Waals surface area contributed by atoms with Crippen LogP contribution in [-0.2, 0) is 6.54 Å². The Labute approximate surface area is 147 Å². The van der Waals surface area contributed by atoms with E-state index < -0.39 is 0 Å². The highest BCUT2D eigenvalue weighted by Crippen LogP contribution is 2.20. The first-order valence-electron chi connectivity index (χ1n) is 8.52. The molecule has 1 aliphatic heterocycles. The Hall–Kier alpha value is -2.44. The number of piperidine rings is 1. The summed E-state index contributed by atoms with van der Waals surface area (Å²) in [6, 6.07) is 13.2. The third-order valence-electron chi connectivity index (χ3n) is 4.68. The lowest BCUT2D eigenvalue weighted by Crippen LogP contribution is -2.53. The highest BCUT2D eigenvalue weighted by atomic mass is 16.5. The number of aliphatic hydroxyl groups excluding tert-OH is 1. The standard InChI is InChI=1S/C19H23N3O3/c23-14-17-8-10-21(11-15-5-2-1-3-6-15)13-18(17)20-19(24)16-7-4-9-22(25)12-16/h1-7,9,12,17-18,23H,8,10-11,13-14H2,(H,20,24). The van der Waals surface area contributed by atoms with Crippen LogP contribution in [0.1, 0.15) is 22.3 Å². The lowest BCUT2D eigenvalue weighted by atomic mass is 9.91. The summed E-state index contributed by atoms with van der Waals surface area (Å²) in [4.78, 5) is 14.7. The van der Waals surface area contributed by atoms with Gasteiger partial charge in [-0.15, -0.1) is 0 Å². The van der Waals surface area contributed by atoms with Gasteiger partial charge in [0, 0.05) is 37.7 Å². The molecule has 3 rings (SSSR count). The van der Waals surface area contributed by atoms with Gasteiger partial charge in [-0.1, -0.05) is 30.3 Å². The molecular formula is C19H23N3O3. The average molecular weight is 341 g/mol. The second-order valence-electron chi connectivity index (χ2n) is 6.48. The Balaban J connectivity index is 1.65. The molecule has 2 heterocycles. The molecule has 2 aromatic rings. The van der Waals surface area contributed by atoms with Gasteiger partial charge in [0.15, 0.2) is 12.4 Å². The van der Waals surface area contributed by atoms with Crippen molar-refractivity contribution >= 4 is 5.91 Å². The second-order valence-corrected chi connectivity index (χ2v) is 6.48. The van der Waals surface area contributed by atoms with Crippen LogP contribution in [0.5, 0.6) is 0 Å². The van der Waals surface area contributed by atoms with Gasteiger partial charge in [-0.3, -0.25) is 9.69 Å². The summed E-state index contributed by atoms with van der Waals surface area (Å²) in [6.45, 7) is 2.42. The summed E-state index contributed by atoms with van der Waals surface area (Å²) < 4.78 is 0.612. The third-order valence-corrected chi connectivity index (χ3v) is 4.68. The van der Waals surface area contributed by atoms with Crippen molar-refractivity contribution in [1.29, 1.82) is 0 Å². The van der Waals surface area contributed by atoms with Crippen molar-refractivity contribution in [2.24, 2.45) is 5.92 Å². The average Bonchev–Trinajstić information content (AvgIpc) is 2.63. The fourth-order valence-corrected chi connectivity index (χ4v) is 3.28. The molecule has 1 saturated heterocycles. The van der Waals surface area contributed by atoms with E-state index in [0.29, 0.717) is 16.8 Å². The number of nitrogens with zero attached hydrogens (tertiary/aromatic N) is 2. The molecule has 0 aliphatic carbocycles. The van der Waals surface area contributed by atoms with Crippen molar-refractivity contribution in [3.63, 3.8) is 0 Å². The molecule has 2 N–H and O–H groups in total. The Morgan fingerprint density at radius 3 is 2.80 bits per heavy atom. The SMILES string of the molecule is O=C(NC1CN(Cc2ccccc2)CCC1CO)c1ccc[n+]([O-])c1. The summed E-state index contributed by atoms with van der Waals surface area (Å²) in [5.74, 6) is -0.255. The van der Waals surface area contributed by atoms with Crippen molar-refractivity contribution in [1.82, 2.24) is 10.2 Å². The number of carbonyl (C=O) groups is 1. The van der Waals surface area contributed by atoms with Crippen LogP contribution in [0.15, 0.2) is 54.9 Å². The third kappa shape index (κ3) is 4.55. The Morgan fingerprint density at radius 1 is 1.28 bits per heavy atom. The van der Waals surface area contributed by atoms with Gasteiger partial charge in [0.2, 0.25) is 0 Å². The van der Waals surface area contributed by atoms with Gasteiger partial charge in [-0.05, 0) is 24.6 Å². The van der Waals surface area contributed by atoms with Crippen LogP contribution in [0.4, 0.5) is 0 Å². The molecule has 1 aliphatic rings. The van der Waals surface area contributed by atoms with Crippen molar-refractivity contribution in [2.45, 2.75) is 19.0 Å². The van der Waals surface area contributed by atoms with Crippen LogP contribution in [0.25, 0.3) is 0 Å². The molecule has 132 valence electrons. The number of benzene rings is 1. The van der Waals surface area contributed by atoms with Crippen LogP contribution < -0.4 is 10.0 Å². The van der Waals surface area contributed by atoms with Crippen molar-refractivity contribution in [3.05, 3.63) is 71.2 Å². The number of amides is 1. The van der Waals surface area contributed by atoms with Crippen LogP contribution in [0, 0.1) is 11.1 Å². The first-order valence-corrected chi connectivity index (χ1v) is 8.52. The summed E-state index contributed by atoms with van der Waals surface area (Å²) >= 11 is 0. The van der Waals surface area contributed by atoms with Crippen molar-refractivity contribution in [2.75, 3.05) is 19.7 Å². The van der Waals surface area contributed by atoms with Gasteiger partial charge < -0.3 is 15.6 Å². The number of nitrogens with one attached hydrogen (secondary N) is 1. The number of aromatic nitrogens is 1. The maximum Gasteiger partial charge on any atom is 0.257 e. The molecule has 6 nitrogen and oxygen atoms in total. The molecule has 6 heteroatoms. The molecule has 25 heavy (non-hydrogen) atoms. The predicted octanol–water partition coefficient (Wildman–Crippen LogP) is 0.933. The molecule has 1 fully saturated rings. The van der Waals surface area contributed by atoms with Crippen molar-refractivity contribution in [3.8, 4) is 0 Å². The predicted molar refractivity (Wildman–Crippen MR) is 93.6 cm³/mol. The molecule has 1 aromatic carbocycles. The van der Waals surface area contributed by atoms with E-state index in [1.165, 1.54) is 18.0 Å². The van der Waals surface area contributed by atoms with Gasteiger partial charge >= 0.3 is 0 Å². The highest BCUT2D eigenvalue weighted by molar-refractivity contribution is 5.93. The van der Waals surface area contributed by atoms with Crippen LogP contribution in [0.3, 0.4) is 0 Å². The number of carbonyl (C=O) groups excluding carboxylic acids is 1. The summed E-state index contributed by atoms with van der Waals surface area (Å²) in [5, 5.41) is 24.0. The lowest BCUT2D eigenvalue weighted by molar-refractivity contribution is -0.605. The van der Waals surface area contributed by atoms with Gasteiger partial charge in [0.05, 0.1) is 0 Å². The Morgan fingerprint density at radius 2 is 2.08 bits per heavy atom. The monoisotopic (exact) mass is 341 g/mol. The fourth-order valence-electron chi connectivity index (χ4n) is 3.28. The summed E-state index contributed by atoms with van der Waals surface area (Å²) in [6.07, 6.45) is 3.42. The number of hydrogen-bond acceptors (Lipinski definition) is 4. The summed E-state index contributed by atoms with van der Waals surface area (Å²) in [7, 11) is 0. The van der Waals surface area contributed by atoms with E-state index in [1.54, 1.807) is 12.1 Å². The maximum atomic E-state index is 12.4. The quantitative estimate of drug-likeness (QED) is 0.626. The van der Waals surface area contributed by atoms with E-state index in [4.69, 9.17) is 0 Å². The Kier molecular flexibility index (Phi) is 5.63. The molecule has 0 saturated carbocycles. The lowest BCUT2D eigenvalue weighted by Gasteiger charge is -2.38. The molecule has 1 amide bonds. The molecule has 0 bridgehead atoms. The van der Waals surface area contributed by atoms with Gasteiger partial charge in [-0.25, -0.2) is 0 Å². The molecule has 1 aromatic heterocycles. The highest BCUT2D eigenvalue weighted by Gasteiger charge is 2.30. The van der Waals surface area contributed by atoms with Crippen LogP contribution >= 0.6 is 0 Å². The van der Waals surface area contributed by atoms with Crippen molar-refractivity contribution < 1.29 is 14.6 Å². The minimum Gasteiger partial charge on any atom is -0.619 e. The van der Waals surface area contributed by atoms with Gasteiger partial charge in [-0.2, -0.15) is 4.73 Å². The topological polar surface area (TPSA) is 79.5 Å². The normalized spacial score (nSPS) is 21.0. The smallest absolute Gasteiger partial charge is 0.257 e. The van der Waals surface area contributed by atoms with Crippen LogP contribution in [-0.4, -0.2) is 41.7 Å². The first kappa shape index (κ1) is 17.4. The van der Waals surface area contributed by atoms with Crippen LogP contribution in [0.2, 0.25) is 0 Å². The zero-order valence-electron chi connectivity index (χ0n) is 14.0. The number of rotatable bonds is 5. The molecule has 2 atom stereocenters. The van der Waals surface area contributed by atoms with E-state index in [-0.39, 0.29) is 24.5 Å². The zero-order valence-corrected chi connectivity index (χ0v) is 14.0. The van der Waals surface area contributed by atoms with Gasteiger partial charge in [0.1, 0.15) is 5.56 Å². The molecular weight excluding hydrogens is 318 g/mol. The zero-order chi connectivity index (χ0) is 17.6. The maximum absolute atomic E-state index is 12.4. The number of pyridine rings is 1. The van der Waals surface area contributed by atoms with E-state index in [1.807, 2.05) is 18.2 Å². The van der Waals surface area contributed by atoms with E-state index in [0.717, 1.165) is 19.5 Å². The Bertz CT molecular complexity index is 708. The number of hydrogen-bond donors (Lipinski definition) is 2. The minimum atomic E-state index is -0.282. The van der Waals surface area contributed by atoms with E-state index in [9.17, 15) is 15.1 Å². The summed E-state index contributed by atoms with van der Waals surface area (Å²) in [5.41, 5.74) is 1.56. The van der Waals surface area contributed by atoms with Gasteiger partial charge in [0.25, 0.3) is 5.91 Å². The second kappa shape index (κ2) is 8.09. The molecule has 0 radical (unpaired) electrons. The molecule has 2 unspecified atom stereocenters. The fraction of sp³-hybridized carbons (Fsp3) is 0.368. The largest absolute Gasteiger partial charge is 0.619 e. The first-order chi connectivity index (χ1) is 12.2. The molecule has 0 spiro atoms. The minimum absolute atomic E-state index is 0.0269. The van der Waals surface area contributed by atoms with E-state index in [2.05, 4.69) is 22.3 Å². The number of likely N-dealkylation sites (tertiary alicyclic amines) is 1. The van der Waals surface area contributed by atoms with E-state index >= 15 is 0 Å². The number of aliphatic hydroxyl groups is 1.